The van der Waals surface area contributed by atoms with E-state index in [0.717, 1.165) is 17.7 Å². The fourth-order valence-corrected chi connectivity index (χ4v) is 4.46. The molecule has 3 nitrogen and oxygen atoms in total. The summed E-state index contributed by atoms with van der Waals surface area (Å²) in [5.74, 6) is 0.476. The van der Waals surface area contributed by atoms with Gasteiger partial charge in [0.15, 0.2) is 0 Å². The third kappa shape index (κ3) is 2.63. The molecule has 1 aliphatic heterocycles. The molecule has 2 N–H and O–H groups in total. The quantitative estimate of drug-likeness (QED) is 0.706. The van der Waals surface area contributed by atoms with E-state index in [-0.39, 0.29) is 6.04 Å². The molecule has 3 atom stereocenters. The van der Waals surface area contributed by atoms with Gasteiger partial charge in [-0.05, 0) is 53.5 Å². The van der Waals surface area contributed by atoms with E-state index in [0.29, 0.717) is 23.3 Å². The van der Waals surface area contributed by atoms with E-state index in [1.165, 1.54) is 16.7 Å². The molecule has 2 unspecified atom stereocenters. The number of hydrogen-bond donors (Lipinski definition) is 2. The van der Waals surface area contributed by atoms with Crippen LogP contribution in [0.1, 0.15) is 70.8 Å². The second kappa shape index (κ2) is 6.31. The van der Waals surface area contributed by atoms with E-state index in [4.69, 9.17) is 0 Å². The molecule has 0 aromatic heterocycles. The lowest BCUT2D eigenvalue weighted by Crippen LogP contribution is -2.30. The molecule has 3 heteroatoms. The monoisotopic (exact) mass is 347 g/mol. The van der Waals surface area contributed by atoms with Gasteiger partial charge in [-0.15, -0.1) is 0 Å². The highest BCUT2D eigenvalue weighted by molar-refractivity contribution is 5.92. The summed E-state index contributed by atoms with van der Waals surface area (Å²) in [6.07, 6.45) is 5.61. The Hall–Kier alpha value is -2.55. The first-order chi connectivity index (χ1) is 12.5. The number of hydrogen-bond acceptors (Lipinski definition) is 2. The molecule has 2 aromatic rings. The van der Waals surface area contributed by atoms with E-state index in [1.807, 2.05) is 13.0 Å². The summed E-state index contributed by atoms with van der Waals surface area (Å²) in [7, 11) is 0. The van der Waals surface area contributed by atoms with Crippen LogP contribution in [0.5, 0.6) is 0 Å². The summed E-state index contributed by atoms with van der Waals surface area (Å²) in [5, 5.41) is 13.2. The van der Waals surface area contributed by atoms with Crippen molar-refractivity contribution in [3.63, 3.8) is 0 Å². The standard InChI is InChI=1S/C23H25NO2/c1-13(2)15-7-9-16(10-8-15)22-19-6-4-5-18(19)20-12-11-17(23(25)26)14(3)21(20)24-22/h4-5,7-13,18-19,22,24H,6H2,1-3H3,(H,25,26)/t18?,19?,22-/m1/s1. The van der Waals surface area contributed by atoms with Crippen molar-refractivity contribution in [2.75, 3.05) is 5.32 Å². The van der Waals surface area contributed by atoms with Crippen LogP contribution in [0.15, 0.2) is 48.6 Å². The van der Waals surface area contributed by atoms with Crippen molar-refractivity contribution >= 4 is 11.7 Å². The zero-order valence-corrected chi connectivity index (χ0v) is 15.5. The third-order valence-electron chi connectivity index (χ3n) is 5.99. The number of nitrogens with one attached hydrogen (secondary N) is 1. The Morgan fingerprint density at radius 1 is 1.15 bits per heavy atom. The topological polar surface area (TPSA) is 49.3 Å². The van der Waals surface area contributed by atoms with E-state index in [9.17, 15) is 9.90 Å². The van der Waals surface area contributed by atoms with Crippen molar-refractivity contribution in [2.24, 2.45) is 5.92 Å². The van der Waals surface area contributed by atoms with Gasteiger partial charge < -0.3 is 10.4 Å². The average molecular weight is 347 g/mol. The lowest BCUT2D eigenvalue weighted by atomic mass is 9.75. The Labute approximate surface area is 154 Å². The van der Waals surface area contributed by atoms with Crippen LogP contribution in [0.4, 0.5) is 5.69 Å². The van der Waals surface area contributed by atoms with Gasteiger partial charge in [-0.2, -0.15) is 0 Å². The molecular formula is C23H25NO2. The van der Waals surface area contributed by atoms with Crippen molar-refractivity contribution < 1.29 is 9.90 Å². The van der Waals surface area contributed by atoms with E-state index in [2.05, 4.69) is 55.6 Å². The largest absolute Gasteiger partial charge is 0.478 e. The number of carboxylic acids is 1. The van der Waals surface area contributed by atoms with Crippen LogP contribution < -0.4 is 5.32 Å². The predicted molar refractivity (Wildman–Crippen MR) is 105 cm³/mol. The molecule has 0 spiro atoms. The first-order valence-electron chi connectivity index (χ1n) is 9.37. The van der Waals surface area contributed by atoms with Crippen molar-refractivity contribution in [1.82, 2.24) is 0 Å². The minimum Gasteiger partial charge on any atom is -0.478 e. The number of fused-ring (bicyclic) bond motifs is 3. The molecule has 26 heavy (non-hydrogen) atoms. The van der Waals surface area contributed by atoms with Crippen LogP contribution in [0.25, 0.3) is 0 Å². The number of carbonyl (C=O) groups is 1. The molecule has 0 saturated carbocycles. The van der Waals surface area contributed by atoms with Crippen molar-refractivity contribution in [2.45, 2.75) is 45.1 Å². The summed E-state index contributed by atoms with van der Waals surface area (Å²) in [5.41, 5.74) is 6.05. The van der Waals surface area contributed by atoms with Gasteiger partial charge in [0.2, 0.25) is 0 Å². The molecule has 0 amide bonds. The van der Waals surface area contributed by atoms with Gasteiger partial charge >= 0.3 is 5.97 Å². The Morgan fingerprint density at radius 2 is 1.88 bits per heavy atom. The second-order valence-electron chi connectivity index (χ2n) is 7.80. The van der Waals surface area contributed by atoms with Crippen LogP contribution in [0.3, 0.4) is 0 Å². The van der Waals surface area contributed by atoms with Gasteiger partial charge in [-0.25, -0.2) is 4.79 Å². The van der Waals surface area contributed by atoms with Crippen molar-refractivity contribution in [3.8, 4) is 0 Å². The molecule has 0 saturated heterocycles. The highest BCUT2D eigenvalue weighted by Gasteiger charge is 2.38. The number of carboxylic acid groups (broad SMARTS) is 1. The molecule has 134 valence electrons. The SMILES string of the molecule is Cc1c(C(=O)O)ccc2c1N[C@H](c1ccc(C(C)C)cc1)C1CC=CC21. The normalized spacial score (nSPS) is 23.5. The highest BCUT2D eigenvalue weighted by Crippen LogP contribution is 2.51. The lowest BCUT2D eigenvalue weighted by molar-refractivity contribution is 0.0696. The molecular weight excluding hydrogens is 322 g/mol. The molecule has 0 radical (unpaired) electrons. The Bertz CT molecular complexity index is 880. The van der Waals surface area contributed by atoms with Gasteiger partial charge in [0.25, 0.3) is 0 Å². The number of anilines is 1. The molecule has 0 fully saturated rings. The zero-order chi connectivity index (χ0) is 18.4. The lowest BCUT2D eigenvalue weighted by Gasteiger charge is -2.38. The summed E-state index contributed by atoms with van der Waals surface area (Å²) in [6, 6.07) is 12.8. The Kier molecular flexibility index (Phi) is 4.10. The van der Waals surface area contributed by atoms with Gasteiger partial charge in [-0.3, -0.25) is 0 Å². The molecule has 0 bridgehead atoms. The molecule has 2 aromatic carbocycles. The minimum atomic E-state index is -0.867. The van der Waals surface area contributed by atoms with Crippen LogP contribution in [-0.2, 0) is 0 Å². The Morgan fingerprint density at radius 3 is 2.54 bits per heavy atom. The number of allylic oxidation sites excluding steroid dienone is 2. The third-order valence-corrected chi connectivity index (χ3v) is 5.99. The maximum atomic E-state index is 11.5. The fraction of sp³-hybridized carbons (Fsp3) is 0.348. The van der Waals surface area contributed by atoms with Crippen LogP contribution in [0, 0.1) is 12.8 Å². The molecule has 4 rings (SSSR count). The van der Waals surface area contributed by atoms with Crippen LogP contribution in [-0.4, -0.2) is 11.1 Å². The first-order valence-corrected chi connectivity index (χ1v) is 9.37. The summed E-state index contributed by atoms with van der Waals surface area (Å²) >= 11 is 0. The van der Waals surface area contributed by atoms with Gasteiger partial charge in [0, 0.05) is 11.6 Å². The highest BCUT2D eigenvalue weighted by atomic mass is 16.4. The summed E-state index contributed by atoms with van der Waals surface area (Å²) in [6.45, 7) is 6.32. The molecule has 1 aliphatic carbocycles. The average Bonchev–Trinajstić information content (AvgIpc) is 3.11. The second-order valence-corrected chi connectivity index (χ2v) is 7.80. The van der Waals surface area contributed by atoms with Gasteiger partial charge in [0.05, 0.1) is 11.6 Å². The van der Waals surface area contributed by atoms with Crippen molar-refractivity contribution in [1.29, 1.82) is 0 Å². The summed E-state index contributed by atoms with van der Waals surface area (Å²) < 4.78 is 0. The predicted octanol–water partition coefficient (Wildman–Crippen LogP) is 5.64. The van der Waals surface area contributed by atoms with E-state index < -0.39 is 5.97 Å². The van der Waals surface area contributed by atoms with E-state index in [1.54, 1.807) is 6.07 Å². The van der Waals surface area contributed by atoms with Gasteiger partial charge in [-0.1, -0.05) is 56.3 Å². The van der Waals surface area contributed by atoms with Crippen LogP contribution >= 0.6 is 0 Å². The Balaban J connectivity index is 1.77. The first kappa shape index (κ1) is 16.9. The smallest absolute Gasteiger partial charge is 0.336 e. The van der Waals surface area contributed by atoms with Gasteiger partial charge in [0.1, 0.15) is 0 Å². The number of benzene rings is 2. The maximum Gasteiger partial charge on any atom is 0.336 e. The molecule has 2 aliphatic rings. The maximum absolute atomic E-state index is 11.5. The summed E-state index contributed by atoms with van der Waals surface area (Å²) in [4.78, 5) is 11.5. The van der Waals surface area contributed by atoms with E-state index >= 15 is 0 Å². The molecule has 1 heterocycles. The zero-order valence-electron chi connectivity index (χ0n) is 15.5. The fourth-order valence-electron chi connectivity index (χ4n) is 4.46. The number of aromatic carboxylic acids is 1. The minimum absolute atomic E-state index is 0.200. The van der Waals surface area contributed by atoms with Crippen LogP contribution in [0.2, 0.25) is 0 Å². The van der Waals surface area contributed by atoms with Crippen molar-refractivity contribution in [3.05, 3.63) is 76.4 Å². The number of rotatable bonds is 3.